The second-order valence-corrected chi connectivity index (χ2v) is 12.2. The van der Waals surface area contributed by atoms with Crippen molar-refractivity contribution in [3.8, 4) is 0 Å². The Morgan fingerprint density at radius 3 is 2.20 bits per heavy atom. The first kappa shape index (κ1) is 31.7. The van der Waals surface area contributed by atoms with E-state index in [2.05, 4.69) is 36.9 Å². The highest BCUT2D eigenvalue weighted by Gasteiger charge is 2.23. The Morgan fingerprint density at radius 1 is 0.800 bits per heavy atom. The van der Waals surface area contributed by atoms with Gasteiger partial charge in [0.15, 0.2) is 0 Å². The first-order valence-electron chi connectivity index (χ1n) is 13.7. The molecule has 0 aliphatic carbocycles. The highest BCUT2D eigenvalue weighted by atomic mass is 79.9. The van der Waals surface area contributed by atoms with Gasteiger partial charge in [-0.25, -0.2) is 4.98 Å². The van der Waals surface area contributed by atoms with Crippen LogP contribution >= 0.6 is 39.3 Å². The number of thioether (sulfide) groups is 1. The van der Waals surface area contributed by atoms with Gasteiger partial charge in [0.2, 0.25) is 5.91 Å². The molecular weight excluding hydrogens is 672 g/mol. The summed E-state index contributed by atoms with van der Waals surface area (Å²) >= 11 is 10.7. The number of carbonyl (C=O) groups excluding carboxylic acids is 3. The Balaban J connectivity index is 1.37. The van der Waals surface area contributed by atoms with Crippen LogP contribution in [0.3, 0.4) is 0 Å². The number of anilines is 2. The molecule has 0 aliphatic rings. The zero-order valence-electron chi connectivity index (χ0n) is 23.6. The molecule has 3 N–H and O–H groups in total. The van der Waals surface area contributed by atoms with E-state index < -0.39 is 17.1 Å². The lowest BCUT2D eigenvalue weighted by molar-refractivity contribution is -0.116. The van der Waals surface area contributed by atoms with Gasteiger partial charge in [-0.2, -0.15) is 0 Å². The van der Waals surface area contributed by atoms with E-state index in [1.807, 2.05) is 66.7 Å². The average molecular weight is 698 g/mol. The molecule has 1 aromatic heterocycles. The SMILES string of the molecule is O=C(Nc1cccc(SC(C(=O)Nc2ccc(Cl)cn2)c2ccccc2)c1)/C(=C/c1ccc(Br)cc1)NC(=O)c1ccccc1. The van der Waals surface area contributed by atoms with Crippen molar-refractivity contribution in [1.82, 2.24) is 10.3 Å². The second-order valence-electron chi connectivity index (χ2n) is 9.67. The molecule has 1 heterocycles. The smallest absolute Gasteiger partial charge is 0.272 e. The van der Waals surface area contributed by atoms with E-state index in [1.165, 1.54) is 18.0 Å². The molecule has 0 radical (unpaired) electrons. The highest BCUT2D eigenvalue weighted by Crippen LogP contribution is 2.37. The summed E-state index contributed by atoms with van der Waals surface area (Å²) in [7, 11) is 0. The van der Waals surface area contributed by atoms with Gasteiger partial charge in [0.1, 0.15) is 16.8 Å². The zero-order valence-corrected chi connectivity index (χ0v) is 26.8. The van der Waals surface area contributed by atoms with E-state index in [1.54, 1.807) is 60.7 Å². The summed E-state index contributed by atoms with van der Waals surface area (Å²) in [6, 6.07) is 35.9. The lowest BCUT2D eigenvalue weighted by atomic mass is 10.1. The molecule has 224 valence electrons. The summed E-state index contributed by atoms with van der Waals surface area (Å²) in [5.74, 6) is -0.797. The van der Waals surface area contributed by atoms with Crippen molar-refractivity contribution in [2.24, 2.45) is 0 Å². The number of rotatable bonds is 10. The molecule has 1 unspecified atom stereocenters. The highest BCUT2D eigenvalue weighted by molar-refractivity contribution is 9.10. The Hall–Kier alpha value is -4.70. The van der Waals surface area contributed by atoms with Crippen LogP contribution in [0, 0.1) is 0 Å². The van der Waals surface area contributed by atoms with Crippen LogP contribution in [0.1, 0.15) is 26.7 Å². The van der Waals surface area contributed by atoms with Crippen molar-refractivity contribution in [1.29, 1.82) is 0 Å². The molecule has 0 spiro atoms. The molecule has 1 atom stereocenters. The lowest BCUT2D eigenvalue weighted by Gasteiger charge is -2.17. The Labute approximate surface area is 278 Å². The summed E-state index contributed by atoms with van der Waals surface area (Å²) in [5, 5.41) is 8.35. The number of hydrogen-bond donors (Lipinski definition) is 3. The van der Waals surface area contributed by atoms with E-state index in [4.69, 9.17) is 11.6 Å². The first-order valence-corrected chi connectivity index (χ1v) is 15.8. The van der Waals surface area contributed by atoms with Gasteiger partial charge in [-0.05, 0) is 71.8 Å². The van der Waals surface area contributed by atoms with E-state index >= 15 is 0 Å². The molecule has 4 aromatic carbocycles. The number of hydrogen-bond acceptors (Lipinski definition) is 5. The molecule has 0 saturated carbocycles. The number of nitrogens with zero attached hydrogens (tertiary/aromatic N) is 1. The van der Waals surface area contributed by atoms with Gasteiger partial charge in [-0.1, -0.05) is 94.3 Å². The maximum atomic E-state index is 13.6. The van der Waals surface area contributed by atoms with E-state index in [0.29, 0.717) is 22.1 Å². The molecule has 0 aliphatic heterocycles. The topological polar surface area (TPSA) is 100 Å². The van der Waals surface area contributed by atoms with Gasteiger partial charge in [0.05, 0.1) is 5.02 Å². The minimum atomic E-state index is -0.618. The maximum absolute atomic E-state index is 13.6. The fraction of sp³-hybridized carbons (Fsp3) is 0.0286. The van der Waals surface area contributed by atoms with Gasteiger partial charge in [-0.3, -0.25) is 14.4 Å². The predicted molar refractivity (Wildman–Crippen MR) is 184 cm³/mol. The summed E-state index contributed by atoms with van der Waals surface area (Å²) in [6.07, 6.45) is 3.08. The van der Waals surface area contributed by atoms with Crippen LogP contribution in [-0.4, -0.2) is 22.7 Å². The molecule has 5 aromatic rings. The minimum absolute atomic E-state index is 0.0706. The fourth-order valence-electron chi connectivity index (χ4n) is 4.19. The first-order chi connectivity index (χ1) is 21.8. The largest absolute Gasteiger partial charge is 0.321 e. The minimum Gasteiger partial charge on any atom is -0.321 e. The standard InChI is InChI=1S/C35H26BrClN4O3S/c36-26-16-14-23(15-17-26)20-30(40-33(42)25-10-5-2-6-11-25)34(43)39-28-12-7-13-29(21-28)45-32(24-8-3-1-4-9-24)35(44)41-31-19-18-27(37)22-38-31/h1-22,32H,(H,39,43)(H,40,42)(H,38,41,44)/b30-20-. The number of amides is 3. The summed E-state index contributed by atoms with van der Waals surface area (Å²) in [4.78, 5) is 44.9. The number of carbonyl (C=O) groups is 3. The number of benzene rings is 4. The third-order valence-electron chi connectivity index (χ3n) is 6.37. The van der Waals surface area contributed by atoms with Crippen molar-refractivity contribution in [2.75, 3.05) is 10.6 Å². The molecule has 0 fully saturated rings. The summed E-state index contributed by atoms with van der Waals surface area (Å²) in [5.41, 5.74) is 2.51. The van der Waals surface area contributed by atoms with Crippen molar-refractivity contribution in [2.45, 2.75) is 10.1 Å². The molecule has 3 amide bonds. The predicted octanol–water partition coefficient (Wildman–Crippen LogP) is 8.38. The van der Waals surface area contributed by atoms with Gasteiger partial charge < -0.3 is 16.0 Å². The van der Waals surface area contributed by atoms with Crippen molar-refractivity contribution in [3.05, 3.63) is 159 Å². The zero-order chi connectivity index (χ0) is 31.6. The van der Waals surface area contributed by atoms with Crippen LogP contribution in [0.25, 0.3) is 6.08 Å². The van der Waals surface area contributed by atoms with Crippen molar-refractivity contribution < 1.29 is 14.4 Å². The maximum Gasteiger partial charge on any atom is 0.272 e. The number of nitrogens with one attached hydrogen (secondary N) is 3. The molecular formula is C35H26BrClN4O3S. The van der Waals surface area contributed by atoms with Crippen molar-refractivity contribution in [3.63, 3.8) is 0 Å². The number of pyridine rings is 1. The monoisotopic (exact) mass is 696 g/mol. The van der Waals surface area contributed by atoms with E-state index in [0.717, 1.165) is 20.5 Å². The third-order valence-corrected chi connectivity index (χ3v) is 8.38. The second kappa shape index (κ2) is 15.3. The summed E-state index contributed by atoms with van der Waals surface area (Å²) < 4.78 is 0.889. The Morgan fingerprint density at radius 2 is 1.51 bits per heavy atom. The van der Waals surface area contributed by atoms with Crippen LogP contribution in [-0.2, 0) is 9.59 Å². The molecule has 0 saturated heterocycles. The van der Waals surface area contributed by atoms with Crippen LogP contribution in [0.15, 0.2) is 143 Å². The number of aromatic nitrogens is 1. The van der Waals surface area contributed by atoms with E-state index in [9.17, 15) is 14.4 Å². The van der Waals surface area contributed by atoms with Crippen molar-refractivity contribution >= 4 is 74.6 Å². The van der Waals surface area contributed by atoms with Crippen LogP contribution in [0.4, 0.5) is 11.5 Å². The normalized spacial score (nSPS) is 11.7. The molecule has 0 bridgehead atoms. The van der Waals surface area contributed by atoms with Crippen LogP contribution in [0.5, 0.6) is 0 Å². The van der Waals surface area contributed by atoms with Crippen LogP contribution in [0.2, 0.25) is 5.02 Å². The van der Waals surface area contributed by atoms with Crippen LogP contribution < -0.4 is 16.0 Å². The summed E-state index contributed by atoms with van der Waals surface area (Å²) in [6.45, 7) is 0. The average Bonchev–Trinajstić information content (AvgIpc) is 3.06. The molecule has 7 nitrogen and oxygen atoms in total. The Bertz CT molecular complexity index is 1820. The molecule has 45 heavy (non-hydrogen) atoms. The van der Waals surface area contributed by atoms with Gasteiger partial charge in [0.25, 0.3) is 11.8 Å². The number of halogens is 2. The van der Waals surface area contributed by atoms with Gasteiger partial charge >= 0.3 is 0 Å². The lowest BCUT2D eigenvalue weighted by Crippen LogP contribution is -2.30. The molecule has 10 heteroatoms. The van der Waals surface area contributed by atoms with Gasteiger partial charge in [-0.15, -0.1) is 11.8 Å². The Kier molecular flexibility index (Phi) is 10.8. The molecule has 5 rings (SSSR count). The third kappa shape index (κ3) is 9.15. The van der Waals surface area contributed by atoms with Gasteiger partial charge in [0, 0.05) is 26.8 Å². The van der Waals surface area contributed by atoms with E-state index in [-0.39, 0.29) is 11.6 Å². The quantitative estimate of drug-likeness (QED) is 0.101. The fourth-order valence-corrected chi connectivity index (χ4v) is 5.65.